The highest BCUT2D eigenvalue weighted by Gasteiger charge is 2.18. The third kappa shape index (κ3) is 1.01. The van der Waals surface area contributed by atoms with Gasteiger partial charge in [0.25, 0.3) is 0 Å². The average molecular weight is 123 g/mol. The molecule has 1 N–H and O–H groups in total. The predicted molar refractivity (Wildman–Crippen MR) is 38.3 cm³/mol. The average Bonchev–Trinajstić information content (AvgIpc) is 2.21. The SMILES string of the molecule is C1=CC2CCC1CCN2. The van der Waals surface area contributed by atoms with Crippen molar-refractivity contribution in [2.24, 2.45) is 5.92 Å². The van der Waals surface area contributed by atoms with E-state index in [0.29, 0.717) is 6.04 Å². The van der Waals surface area contributed by atoms with E-state index >= 15 is 0 Å². The fraction of sp³-hybridized carbons (Fsp3) is 0.750. The number of hydrogen-bond donors (Lipinski definition) is 1. The van der Waals surface area contributed by atoms with Crippen LogP contribution in [-0.4, -0.2) is 12.6 Å². The molecule has 0 aromatic carbocycles. The van der Waals surface area contributed by atoms with Crippen LogP contribution < -0.4 is 5.32 Å². The van der Waals surface area contributed by atoms with Gasteiger partial charge in [0.05, 0.1) is 0 Å². The summed E-state index contributed by atoms with van der Waals surface area (Å²) in [6, 6.07) is 0.712. The number of fused-ring (bicyclic) bond motifs is 3. The predicted octanol–water partition coefficient (Wildman–Crippen LogP) is 1.31. The van der Waals surface area contributed by atoms with Crippen LogP contribution in [0.1, 0.15) is 19.3 Å². The van der Waals surface area contributed by atoms with E-state index in [9.17, 15) is 0 Å². The molecule has 1 nitrogen and oxygen atoms in total. The van der Waals surface area contributed by atoms with Crippen molar-refractivity contribution < 1.29 is 0 Å². The molecular weight excluding hydrogens is 110 g/mol. The van der Waals surface area contributed by atoms with Gasteiger partial charge in [-0.1, -0.05) is 12.2 Å². The van der Waals surface area contributed by atoms with E-state index in [2.05, 4.69) is 17.5 Å². The zero-order valence-electron chi connectivity index (χ0n) is 5.64. The molecule has 1 heteroatoms. The maximum absolute atomic E-state index is 3.49. The maximum Gasteiger partial charge on any atom is 0.0250 e. The standard InChI is InChI=1S/C8H13N/c1-3-8-4-2-7(1)5-6-9-8/h1,3,7-9H,2,4-6H2. The lowest BCUT2D eigenvalue weighted by molar-refractivity contribution is 0.537. The fourth-order valence-corrected chi connectivity index (χ4v) is 1.74. The second-order valence-corrected chi connectivity index (χ2v) is 3.07. The normalized spacial score (nSPS) is 40.9. The van der Waals surface area contributed by atoms with Crippen molar-refractivity contribution in [1.82, 2.24) is 5.32 Å². The molecule has 2 bridgehead atoms. The molecule has 2 unspecified atom stereocenters. The van der Waals surface area contributed by atoms with Crippen LogP contribution in [0.2, 0.25) is 0 Å². The van der Waals surface area contributed by atoms with E-state index in [4.69, 9.17) is 0 Å². The lowest BCUT2D eigenvalue weighted by Crippen LogP contribution is -2.25. The third-order valence-corrected chi connectivity index (χ3v) is 2.39. The van der Waals surface area contributed by atoms with Gasteiger partial charge in [-0.3, -0.25) is 0 Å². The number of rotatable bonds is 0. The van der Waals surface area contributed by atoms with Crippen LogP contribution in [0.15, 0.2) is 12.2 Å². The van der Waals surface area contributed by atoms with Gasteiger partial charge in [0, 0.05) is 6.04 Å². The summed E-state index contributed by atoms with van der Waals surface area (Å²) < 4.78 is 0. The summed E-state index contributed by atoms with van der Waals surface area (Å²) in [4.78, 5) is 0. The van der Waals surface area contributed by atoms with Crippen molar-refractivity contribution in [1.29, 1.82) is 0 Å². The van der Waals surface area contributed by atoms with E-state index in [1.54, 1.807) is 0 Å². The van der Waals surface area contributed by atoms with Crippen LogP contribution in [0.3, 0.4) is 0 Å². The summed E-state index contributed by atoms with van der Waals surface area (Å²) >= 11 is 0. The number of allylic oxidation sites excluding steroid dienone is 1. The van der Waals surface area contributed by atoms with E-state index in [0.717, 1.165) is 5.92 Å². The van der Waals surface area contributed by atoms with Crippen LogP contribution in [0.25, 0.3) is 0 Å². The van der Waals surface area contributed by atoms with E-state index in [-0.39, 0.29) is 0 Å². The first-order valence-electron chi connectivity index (χ1n) is 3.87. The highest BCUT2D eigenvalue weighted by atomic mass is 14.9. The van der Waals surface area contributed by atoms with Gasteiger partial charge in [0.1, 0.15) is 0 Å². The van der Waals surface area contributed by atoms with Crippen molar-refractivity contribution in [2.45, 2.75) is 25.3 Å². The summed E-state index contributed by atoms with van der Waals surface area (Å²) in [6.07, 6.45) is 8.84. The van der Waals surface area contributed by atoms with Gasteiger partial charge < -0.3 is 5.32 Å². The summed E-state index contributed by atoms with van der Waals surface area (Å²) in [5.74, 6) is 0.899. The molecule has 0 saturated carbocycles. The molecule has 0 radical (unpaired) electrons. The Labute approximate surface area is 56.1 Å². The van der Waals surface area contributed by atoms with Crippen molar-refractivity contribution in [3.05, 3.63) is 12.2 Å². The minimum Gasteiger partial charge on any atom is -0.310 e. The molecule has 3 aliphatic rings. The molecular formula is C8H13N. The first kappa shape index (κ1) is 5.48. The second-order valence-electron chi connectivity index (χ2n) is 3.07. The smallest absolute Gasteiger partial charge is 0.0250 e. The molecule has 1 aliphatic carbocycles. The molecule has 1 saturated heterocycles. The Kier molecular flexibility index (Phi) is 1.31. The van der Waals surface area contributed by atoms with Crippen LogP contribution >= 0.6 is 0 Å². The first-order valence-corrected chi connectivity index (χ1v) is 3.87. The highest BCUT2D eigenvalue weighted by molar-refractivity contribution is 5.04. The summed E-state index contributed by atoms with van der Waals surface area (Å²) in [5.41, 5.74) is 0. The van der Waals surface area contributed by atoms with Crippen LogP contribution in [0.4, 0.5) is 0 Å². The van der Waals surface area contributed by atoms with Gasteiger partial charge in [-0.25, -0.2) is 0 Å². The molecule has 2 heterocycles. The summed E-state index contributed by atoms with van der Waals surface area (Å²) in [6.45, 7) is 1.22. The molecule has 9 heavy (non-hydrogen) atoms. The van der Waals surface area contributed by atoms with Crippen LogP contribution in [-0.2, 0) is 0 Å². The van der Waals surface area contributed by atoms with Crippen LogP contribution in [0, 0.1) is 5.92 Å². The summed E-state index contributed by atoms with van der Waals surface area (Å²) in [7, 11) is 0. The topological polar surface area (TPSA) is 12.0 Å². The van der Waals surface area contributed by atoms with Gasteiger partial charge in [-0.2, -0.15) is 0 Å². The van der Waals surface area contributed by atoms with Crippen molar-refractivity contribution in [3.8, 4) is 0 Å². The van der Waals surface area contributed by atoms with Crippen LogP contribution in [0.5, 0.6) is 0 Å². The zero-order valence-corrected chi connectivity index (χ0v) is 5.64. The zero-order chi connectivity index (χ0) is 6.10. The quantitative estimate of drug-likeness (QED) is 0.479. The monoisotopic (exact) mass is 123 g/mol. The molecule has 50 valence electrons. The number of nitrogens with one attached hydrogen (secondary N) is 1. The second kappa shape index (κ2) is 2.14. The lowest BCUT2D eigenvalue weighted by atomic mass is 9.93. The molecule has 2 atom stereocenters. The van der Waals surface area contributed by atoms with Crippen molar-refractivity contribution in [3.63, 3.8) is 0 Å². The van der Waals surface area contributed by atoms with Gasteiger partial charge in [0.2, 0.25) is 0 Å². The first-order chi connectivity index (χ1) is 4.45. The van der Waals surface area contributed by atoms with Gasteiger partial charge in [0.15, 0.2) is 0 Å². The third-order valence-electron chi connectivity index (χ3n) is 2.39. The van der Waals surface area contributed by atoms with Gasteiger partial charge in [-0.05, 0) is 31.7 Å². The van der Waals surface area contributed by atoms with Gasteiger partial charge in [-0.15, -0.1) is 0 Å². The minimum atomic E-state index is 0.712. The number of hydrogen-bond acceptors (Lipinski definition) is 1. The van der Waals surface area contributed by atoms with E-state index in [1.807, 2.05) is 0 Å². The maximum atomic E-state index is 3.49. The molecule has 0 aromatic heterocycles. The van der Waals surface area contributed by atoms with E-state index < -0.39 is 0 Å². The molecule has 2 aliphatic heterocycles. The molecule has 3 rings (SSSR count). The Morgan fingerprint density at radius 2 is 2.11 bits per heavy atom. The summed E-state index contributed by atoms with van der Waals surface area (Å²) in [5, 5.41) is 3.49. The van der Waals surface area contributed by atoms with E-state index in [1.165, 1.54) is 25.8 Å². The Hall–Kier alpha value is -0.300. The van der Waals surface area contributed by atoms with Crippen molar-refractivity contribution in [2.75, 3.05) is 6.54 Å². The Balaban J connectivity index is 2.15. The molecule has 1 fully saturated rings. The lowest BCUT2D eigenvalue weighted by Gasteiger charge is -2.15. The minimum absolute atomic E-state index is 0.712. The van der Waals surface area contributed by atoms with Gasteiger partial charge >= 0.3 is 0 Å². The Bertz CT molecular complexity index is 111. The Morgan fingerprint density at radius 3 is 2.89 bits per heavy atom. The largest absolute Gasteiger partial charge is 0.310 e. The molecule has 0 aromatic rings. The van der Waals surface area contributed by atoms with Crippen molar-refractivity contribution >= 4 is 0 Å². The fourth-order valence-electron chi connectivity index (χ4n) is 1.74. The Morgan fingerprint density at radius 1 is 1.11 bits per heavy atom. The highest BCUT2D eigenvalue weighted by Crippen LogP contribution is 2.23. The molecule has 0 spiro atoms. The molecule has 0 amide bonds.